The zero-order chi connectivity index (χ0) is 13.3. The summed E-state index contributed by atoms with van der Waals surface area (Å²) in [5.74, 6) is -0.374. The molecule has 0 aliphatic rings. The van der Waals surface area contributed by atoms with Crippen LogP contribution in [0.2, 0.25) is 5.02 Å². The topological polar surface area (TPSA) is 74.8 Å². The van der Waals surface area contributed by atoms with Gasteiger partial charge in [-0.1, -0.05) is 17.7 Å². The van der Waals surface area contributed by atoms with Crippen molar-refractivity contribution >= 4 is 27.3 Å². The van der Waals surface area contributed by atoms with Crippen molar-refractivity contribution in [1.29, 1.82) is 0 Å². The van der Waals surface area contributed by atoms with Crippen molar-refractivity contribution in [3.8, 4) is 0 Å². The lowest BCUT2D eigenvalue weighted by Crippen LogP contribution is -2.14. The van der Waals surface area contributed by atoms with Crippen molar-refractivity contribution in [2.75, 3.05) is 4.72 Å². The molecule has 1 heterocycles. The first-order chi connectivity index (χ1) is 8.40. The normalized spacial score (nSPS) is 11.5. The van der Waals surface area contributed by atoms with Gasteiger partial charge >= 0.3 is 0 Å². The van der Waals surface area contributed by atoms with Crippen LogP contribution < -0.4 is 4.72 Å². The number of rotatable bonds is 3. The van der Waals surface area contributed by atoms with E-state index in [1.165, 1.54) is 18.2 Å². The molecule has 0 saturated carbocycles. The van der Waals surface area contributed by atoms with E-state index in [2.05, 4.69) is 14.7 Å². The molecule has 0 fully saturated rings. The molecule has 0 unspecified atom stereocenters. The Bertz CT molecular complexity index is 684. The Labute approximate surface area is 108 Å². The van der Waals surface area contributed by atoms with Gasteiger partial charge in [-0.25, -0.2) is 9.37 Å². The molecule has 0 aliphatic heterocycles. The second-order valence-electron chi connectivity index (χ2n) is 3.54. The number of anilines is 1. The van der Waals surface area contributed by atoms with E-state index in [1.807, 2.05) is 0 Å². The number of hydrogen-bond acceptors (Lipinski definition) is 3. The lowest BCUT2D eigenvalue weighted by molar-refractivity contribution is 0.595. The van der Waals surface area contributed by atoms with Gasteiger partial charge in [-0.05, 0) is 19.1 Å². The van der Waals surface area contributed by atoms with Crippen molar-refractivity contribution < 1.29 is 12.8 Å². The second kappa shape index (κ2) is 4.58. The summed E-state index contributed by atoms with van der Waals surface area (Å²) < 4.78 is 39.4. The largest absolute Gasteiger partial charge is 0.332 e. The molecule has 2 rings (SSSR count). The molecule has 18 heavy (non-hydrogen) atoms. The van der Waals surface area contributed by atoms with Gasteiger partial charge in [0.25, 0.3) is 10.0 Å². The Morgan fingerprint density at radius 3 is 2.78 bits per heavy atom. The van der Waals surface area contributed by atoms with E-state index in [0.717, 1.165) is 6.20 Å². The number of nitrogens with zero attached hydrogens (tertiary/aromatic N) is 1. The Hall–Kier alpha value is -1.60. The number of imidazole rings is 1. The molecule has 2 aromatic rings. The smallest absolute Gasteiger partial charge is 0.279 e. The number of sulfonamides is 1. The first-order valence-corrected chi connectivity index (χ1v) is 6.75. The van der Waals surface area contributed by atoms with E-state index in [0.29, 0.717) is 5.82 Å². The summed E-state index contributed by atoms with van der Waals surface area (Å²) in [6, 6.07) is 4.05. The van der Waals surface area contributed by atoms with Crippen molar-refractivity contribution in [3.63, 3.8) is 0 Å². The highest BCUT2D eigenvalue weighted by Gasteiger charge is 2.19. The number of benzene rings is 1. The van der Waals surface area contributed by atoms with Crippen LogP contribution in [0.4, 0.5) is 10.1 Å². The highest BCUT2D eigenvalue weighted by molar-refractivity contribution is 7.92. The van der Waals surface area contributed by atoms with Gasteiger partial charge < -0.3 is 4.98 Å². The summed E-state index contributed by atoms with van der Waals surface area (Å²) in [6.45, 7) is 1.61. The van der Waals surface area contributed by atoms with Crippen LogP contribution in [-0.4, -0.2) is 18.4 Å². The standard InChI is InChI=1S/C10H9ClFN3O2S/c1-6-13-5-9(14-6)18(16,17)15-8-4-2-3-7(11)10(8)12/h2-5,15H,1H3,(H,13,14). The quantitative estimate of drug-likeness (QED) is 0.910. The van der Waals surface area contributed by atoms with E-state index in [-0.39, 0.29) is 15.7 Å². The minimum Gasteiger partial charge on any atom is -0.332 e. The Kier molecular flexibility index (Phi) is 3.27. The van der Waals surface area contributed by atoms with E-state index in [9.17, 15) is 12.8 Å². The number of H-pyrrole nitrogens is 1. The van der Waals surface area contributed by atoms with E-state index < -0.39 is 15.8 Å². The lowest BCUT2D eigenvalue weighted by Gasteiger charge is -2.07. The third kappa shape index (κ3) is 2.46. The summed E-state index contributed by atoms with van der Waals surface area (Å²) in [4.78, 5) is 6.32. The van der Waals surface area contributed by atoms with Gasteiger partial charge in [0.05, 0.1) is 16.9 Å². The first kappa shape index (κ1) is 12.8. The second-order valence-corrected chi connectivity index (χ2v) is 5.60. The third-order valence-electron chi connectivity index (χ3n) is 2.16. The molecule has 8 heteroatoms. The van der Waals surface area contributed by atoms with Crippen LogP contribution in [-0.2, 0) is 10.0 Å². The van der Waals surface area contributed by atoms with Crippen molar-refractivity contribution in [2.45, 2.75) is 11.9 Å². The number of halogens is 2. The highest BCUT2D eigenvalue weighted by Crippen LogP contribution is 2.24. The van der Waals surface area contributed by atoms with Crippen molar-refractivity contribution in [1.82, 2.24) is 9.97 Å². The number of aryl methyl sites for hydroxylation is 1. The minimum absolute atomic E-state index is 0.139. The summed E-state index contributed by atoms with van der Waals surface area (Å²) >= 11 is 5.56. The maximum atomic E-state index is 13.6. The molecular weight excluding hydrogens is 281 g/mol. The summed E-state index contributed by atoms with van der Waals surface area (Å²) in [5, 5.41) is -0.296. The Morgan fingerprint density at radius 2 is 2.17 bits per heavy atom. The number of hydrogen-bond donors (Lipinski definition) is 2. The van der Waals surface area contributed by atoms with Gasteiger partial charge in [0.15, 0.2) is 10.8 Å². The van der Waals surface area contributed by atoms with Gasteiger partial charge in [0.1, 0.15) is 5.82 Å². The summed E-state index contributed by atoms with van der Waals surface area (Å²) in [5.41, 5.74) is -0.213. The van der Waals surface area contributed by atoms with Crippen LogP contribution in [0.25, 0.3) is 0 Å². The molecule has 2 N–H and O–H groups in total. The molecule has 1 aromatic carbocycles. The SMILES string of the molecule is Cc1ncc(S(=O)(=O)Nc2cccc(Cl)c2F)[nH]1. The predicted octanol–water partition coefficient (Wildman–Crippen LogP) is 2.31. The maximum Gasteiger partial charge on any atom is 0.279 e. The fraction of sp³-hybridized carbons (Fsp3) is 0.100. The molecule has 0 radical (unpaired) electrons. The van der Waals surface area contributed by atoms with Crippen LogP contribution in [0.15, 0.2) is 29.4 Å². The maximum absolute atomic E-state index is 13.6. The molecule has 0 aliphatic carbocycles. The molecule has 1 aromatic heterocycles. The predicted molar refractivity (Wildman–Crippen MR) is 65.5 cm³/mol. The molecule has 96 valence electrons. The lowest BCUT2D eigenvalue weighted by atomic mass is 10.3. The van der Waals surface area contributed by atoms with Gasteiger partial charge in [0.2, 0.25) is 0 Å². The van der Waals surface area contributed by atoms with Crippen LogP contribution in [0.1, 0.15) is 5.82 Å². The van der Waals surface area contributed by atoms with Gasteiger partial charge in [-0.2, -0.15) is 8.42 Å². The average Bonchev–Trinajstić information content (AvgIpc) is 2.72. The average molecular weight is 290 g/mol. The molecule has 0 saturated heterocycles. The summed E-state index contributed by atoms with van der Waals surface area (Å²) in [7, 11) is -3.90. The van der Waals surface area contributed by atoms with Crippen molar-refractivity contribution in [3.05, 3.63) is 41.1 Å². The Balaban J connectivity index is 2.37. The van der Waals surface area contributed by atoms with Crippen LogP contribution in [0.5, 0.6) is 0 Å². The van der Waals surface area contributed by atoms with E-state index in [4.69, 9.17) is 11.6 Å². The van der Waals surface area contributed by atoms with E-state index in [1.54, 1.807) is 6.92 Å². The van der Waals surface area contributed by atoms with Gasteiger partial charge in [0, 0.05) is 0 Å². The molecule has 0 atom stereocenters. The fourth-order valence-electron chi connectivity index (χ4n) is 1.32. The monoisotopic (exact) mass is 289 g/mol. The number of aromatic nitrogens is 2. The van der Waals surface area contributed by atoms with Gasteiger partial charge in [-0.3, -0.25) is 4.72 Å². The third-order valence-corrected chi connectivity index (χ3v) is 3.73. The molecule has 5 nitrogen and oxygen atoms in total. The first-order valence-electron chi connectivity index (χ1n) is 4.88. The van der Waals surface area contributed by atoms with Gasteiger partial charge in [-0.15, -0.1) is 0 Å². The molecule has 0 spiro atoms. The zero-order valence-electron chi connectivity index (χ0n) is 9.24. The number of aromatic amines is 1. The Morgan fingerprint density at radius 1 is 1.44 bits per heavy atom. The summed E-state index contributed by atoms with van der Waals surface area (Å²) in [6.07, 6.45) is 1.15. The molecule has 0 bridgehead atoms. The highest BCUT2D eigenvalue weighted by atomic mass is 35.5. The molecule has 0 amide bonds. The van der Waals surface area contributed by atoms with Crippen LogP contribution in [0, 0.1) is 12.7 Å². The van der Waals surface area contributed by atoms with Crippen LogP contribution in [0.3, 0.4) is 0 Å². The fourth-order valence-corrected chi connectivity index (χ4v) is 2.52. The van der Waals surface area contributed by atoms with Crippen LogP contribution >= 0.6 is 11.6 Å². The zero-order valence-corrected chi connectivity index (χ0v) is 10.8. The minimum atomic E-state index is -3.90. The molecular formula is C10H9ClFN3O2S. The van der Waals surface area contributed by atoms with Crippen molar-refractivity contribution in [2.24, 2.45) is 0 Å². The number of nitrogens with one attached hydrogen (secondary N) is 2. The van der Waals surface area contributed by atoms with E-state index >= 15 is 0 Å².